The molecule has 1 aromatic carbocycles. The normalized spacial score (nSPS) is 10.7. The molecule has 3 aromatic heterocycles. The number of nitrogens with zero attached hydrogens (tertiary/aromatic N) is 4. The standard InChI is InChI=1S/C19H15N5OS2/c1-11-3-5-13(6-4-11)16-12(2)27-19(23-16)24-17(25)15-10-26-18(22-15)14-9-20-7-8-21-14/h3-10H,1-2H3,(H,23,24,25). The fraction of sp³-hybridized carbons (Fsp3) is 0.105. The van der Waals surface area contributed by atoms with Gasteiger partial charge in [0.2, 0.25) is 0 Å². The molecule has 4 aromatic rings. The van der Waals surface area contributed by atoms with E-state index in [4.69, 9.17) is 0 Å². The summed E-state index contributed by atoms with van der Waals surface area (Å²) in [5, 5.41) is 5.76. The van der Waals surface area contributed by atoms with Crippen LogP contribution < -0.4 is 5.32 Å². The van der Waals surface area contributed by atoms with E-state index in [1.165, 1.54) is 28.2 Å². The van der Waals surface area contributed by atoms with E-state index in [0.29, 0.717) is 21.5 Å². The summed E-state index contributed by atoms with van der Waals surface area (Å²) in [6, 6.07) is 8.18. The highest BCUT2D eigenvalue weighted by Gasteiger charge is 2.16. The molecule has 0 radical (unpaired) electrons. The van der Waals surface area contributed by atoms with Gasteiger partial charge in [0, 0.05) is 28.2 Å². The molecule has 0 fully saturated rings. The van der Waals surface area contributed by atoms with E-state index in [9.17, 15) is 4.79 Å². The highest BCUT2D eigenvalue weighted by Crippen LogP contribution is 2.31. The minimum absolute atomic E-state index is 0.286. The molecule has 0 aliphatic carbocycles. The van der Waals surface area contributed by atoms with E-state index in [1.807, 2.05) is 26.0 Å². The molecule has 27 heavy (non-hydrogen) atoms. The second-order valence-electron chi connectivity index (χ2n) is 5.87. The molecule has 4 rings (SSSR count). The van der Waals surface area contributed by atoms with Crippen molar-refractivity contribution in [1.82, 2.24) is 19.9 Å². The molecule has 3 heterocycles. The molecular weight excluding hydrogens is 378 g/mol. The van der Waals surface area contributed by atoms with Crippen LogP contribution in [0.4, 0.5) is 5.13 Å². The lowest BCUT2D eigenvalue weighted by molar-refractivity contribution is 0.102. The number of thiazole rings is 2. The van der Waals surface area contributed by atoms with E-state index in [0.717, 1.165) is 16.1 Å². The first-order valence-electron chi connectivity index (χ1n) is 8.18. The zero-order chi connectivity index (χ0) is 18.8. The van der Waals surface area contributed by atoms with Gasteiger partial charge in [0.15, 0.2) is 5.13 Å². The van der Waals surface area contributed by atoms with E-state index in [1.54, 1.807) is 24.0 Å². The molecule has 0 spiro atoms. The van der Waals surface area contributed by atoms with Crippen molar-refractivity contribution in [2.75, 3.05) is 5.32 Å². The van der Waals surface area contributed by atoms with Crippen LogP contribution in [0.5, 0.6) is 0 Å². The second-order valence-corrected chi connectivity index (χ2v) is 7.93. The van der Waals surface area contributed by atoms with Gasteiger partial charge in [0.05, 0.1) is 11.9 Å². The van der Waals surface area contributed by atoms with E-state index >= 15 is 0 Å². The Morgan fingerprint density at radius 2 is 1.89 bits per heavy atom. The topological polar surface area (TPSA) is 80.7 Å². The molecule has 8 heteroatoms. The van der Waals surface area contributed by atoms with Gasteiger partial charge in [0.25, 0.3) is 5.91 Å². The lowest BCUT2D eigenvalue weighted by atomic mass is 10.1. The van der Waals surface area contributed by atoms with Crippen LogP contribution >= 0.6 is 22.7 Å². The van der Waals surface area contributed by atoms with Crippen molar-refractivity contribution in [2.45, 2.75) is 13.8 Å². The molecule has 1 amide bonds. The van der Waals surface area contributed by atoms with E-state index < -0.39 is 0 Å². The summed E-state index contributed by atoms with van der Waals surface area (Å²) >= 11 is 2.81. The van der Waals surface area contributed by atoms with Crippen LogP contribution in [0, 0.1) is 13.8 Å². The summed E-state index contributed by atoms with van der Waals surface area (Å²) in [7, 11) is 0. The zero-order valence-electron chi connectivity index (χ0n) is 14.6. The van der Waals surface area contributed by atoms with Crippen LogP contribution in [-0.4, -0.2) is 25.8 Å². The Morgan fingerprint density at radius 1 is 1.07 bits per heavy atom. The number of amides is 1. The van der Waals surface area contributed by atoms with Gasteiger partial charge >= 0.3 is 0 Å². The first-order chi connectivity index (χ1) is 13.1. The number of rotatable bonds is 4. The van der Waals surface area contributed by atoms with Crippen molar-refractivity contribution in [3.63, 3.8) is 0 Å². The molecule has 0 bridgehead atoms. The van der Waals surface area contributed by atoms with Gasteiger partial charge in [-0.2, -0.15) is 0 Å². The van der Waals surface area contributed by atoms with Crippen LogP contribution in [0.2, 0.25) is 0 Å². The van der Waals surface area contributed by atoms with Crippen LogP contribution in [-0.2, 0) is 0 Å². The Morgan fingerprint density at radius 3 is 2.63 bits per heavy atom. The lowest BCUT2D eigenvalue weighted by Crippen LogP contribution is -2.12. The van der Waals surface area contributed by atoms with Crippen molar-refractivity contribution < 1.29 is 4.79 Å². The third-order valence-electron chi connectivity index (χ3n) is 3.86. The molecule has 0 unspecified atom stereocenters. The molecular formula is C19H15N5OS2. The van der Waals surface area contributed by atoms with Gasteiger partial charge in [-0.15, -0.1) is 22.7 Å². The predicted octanol–water partition coefficient (Wildman–Crippen LogP) is 4.59. The highest BCUT2D eigenvalue weighted by atomic mass is 32.1. The summed E-state index contributed by atoms with van der Waals surface area (Å²) in [5.41, 5.74) is 4.10. The number of hydrogen-bond acceptors (Lipinski definition) is 7. The smallest absolute Gasteiger partial charge is 0.276 e. The summed E-state index contributed by atoms with van der Waals surface area (Å²) in [5.74, 6) is -0.286. The average molecular weight is 393 g/mol. The highest BCUT2D eigenvalue weighted by molar-refractivity contribution is 7.16. The maximum atomic E-state index is 12.5. The van der Waals surface area contributed by atoms with Crippen molar-refractivity contribution >= 4 is 33.7 Å². The van der Waals surface area contributed by atoms with Gasteiger partial charge in [-0.25, -0.2) is 9.97 Å². The number of aromatic nitrogens is 4. The number of hydrogen-bond donors (Lipinski definition) is 1. The van der Waals surface area contributed by atoms with Crippen LogP contribution in [0.15, 0.2) is 48.2 Å². The largest absolute Gasteiger partial charge is 0.296 e. The number of benzene rings is 1. The van der Waals surface area contributed by atoms with Gasteiger partial charge in [-0.3, -0.25) is 20.1 Å². The van der Waals surface area contributed by atoms with Crippen molar-refractivity contribution in [1.29, 1.82) is 0 Å². The fourth-order valence-corrected chi connectivity index (χ4v) is 4.09. The second kappa shape index (κ2) is 7.34. The molecule has 1 N–H and O–H groups in total. The zero-order valence-corrected chi connectivity index (χ0v) is 16.3. The SMILES string of the molecule is Cc1ccc(-c2nc(NC(=O)c3csc(-c4cnccn4)n3)sc2C)cc1. The molecule has 6 nitrogen and oxygen atoms in total. The Bertz CT molecular complexity index is 1090. The lowest BCUT2D eigenvalue weighted by Gasteiger charge is -1.99. The van der Waals surface area contributed by atoms with Crippen LogP contribution in [0.3, 0.4) is 0 Å². The van der Waals surface area contributed by atoms with Crippen LogP contribution in [0.25, 0.3) is 22.0 Å². The maximum Gasteiger partial charge on any atom is 0.276 e. The summed E-state index contributed by atoms with van der Waals surface area (Å²) in [6.07, 6.45) is 4.82. The Labute approximate surface area is 164 Å². The number of aryl methyl sites for hydroxylation is 2. The number of carbonyl (C=O) groups excluding carboxylic acids is 1. The third-order valence-corrected chi connectivity index (χ3v) is 5.61. The van der Waals surface area contributed by atoms with Crippen molar-refractivity contribution in [3.8, 4) is 22.0 Å². The van der Waals surface area contributed by atoms with Crippen LogP contribution in [0.1, 0.15) is 20.9 Å². The van der Waals surface area contributed by atoms with Gasteiger partial charge in [-0.1, -0.05) is 29.8 Å². The monoisotopic (exact) mass is 393 g/mol. The first-order valence-corrected chi connectivity index (χ1v) is 9.87. The Balaban J connectivity index is 1.53. The molecule has 0 atom stereocenters. The number of nitrogens with one attached hydrogen (secondary N) is 1. The molecule has 0 aliphatic heterocycles. The molecule has 0 aliphatic rings. The first kappa shape index (κ1) is 17.4. The average Bonchev–Trinajstić information content (AvgIpc) is 3.30. The molecule has 0 saturated heterocycles. The van der Waals surface area contributed by atoms with Gasteiger partial charge < -0.3 is 0 Å². The van der Waals surface area contributed by atoms with Crippen molar-refractivity contribution in [3.05, 3.63) is 64.4 Å². The van der Waals surface area contributed by atoms with Gasteiger partial charge in [0.1, 0.15) is 16.4 Å². The number of anilines is 1. The fourth-order valence-electron chi connectivity index (χ4n) is 2.50. The molecule has 0 saturated carbocycles. The minimum atomic E-state index is -0.286. The summed E-state index contributed by atoms with van der Waals surface area (Å²) < 4.78 is 0. The van der Waals surface area contributed by atoms with E-state index in [-0.39, 0.29) is 5.91 Å². The van der Waals surface area contributed by atoms with Gasteiger partial charge in [-0.05, 0) is 13.8 Å². The minimum Gasteiger partial charge on any atom is -0.296 e. The predicted molar refractivity (Wildman–Crippen MR) is 108 cm³/mol. The summed E-state index contributed by atoms with van der Waals surface area (Å²) in [6.45, 7) is 4.05. The maximum absolute atomic E-state index is 12.5. The number of carbonyl (C=O) groups is 1. The molecule has 134 valence electrons. The summed E-state index contributed by atoms with van der Waals surface area (Å²) in [4.78, 5) is 30.7. The van der Waals surface area contributed by atoms with Crippen molar-refractivity contribution in [2.24, 2.45) is 0 Å². The Kier molecular flexibility index (Phi) is 4.74. The third kappa shape index (κ3) is 3.76. The Hall–Kier alpha value is -2.97. The quantitative estimate of drug-likeness (QED) is 0.548. The van der Waals surface area contributed by atoms with E-state index in [2.05, 4.69) is 37.4 Å².